The third kappa shape index (κ3) is 2.88. The third-order valence-corrected chi connectivity index (χ3v) is 3.99. The highest BCUT2D eigenvalue weighted by molar-refractivity contribution is 9.11. The summed E-state index contributed by atoms with van der Waals surface area (Å²) in [4.78, 5) is 15.2. The molecule has 94 valence electrons. The summed E-state index contributed by atoms with van der Waals surface area (Å²) in [5.41, 5.74) is 1.19. The van der Waals surface area contributed by atoms with Gasteiger partial charge in [-0.1, -0.05) is 22.9 Å². The number of thiazole rings is 1. The lowest BCUT2D eigenvalue weighted by Crippen LogP contribution is -2.04. The Bertz CT molecular complexity index is 617. The van der Waals surface area contributed by atoms with Gasteiger partial charge in [-0.15, -0.1) is 0 Å². The first-order chi connectivity index (χ1) is 8.47. The van der Waals surface area contributed by atoms with Crippen molar-refractivity contribution in [3.63, 3.8) is 0 Å². The molecule has 0 aliphatic rings. The van der Waals surface area contributed by atoms with Gasteiger partial charge in [-0.25, -0.2) is 9.37 Å². The van der Waals surface area contributed by atoms with Crippen LogP contribution in [-0.4, -0.2) is 10.9 Å². The highest BCUT2D eigenvalue weighted by Gasteiger charge is 2.14. The monoisotopic (exact) mass is 348 g/mol. The van der Waals surface area contributed by atoms with Gasteiger partial charge in [0.15, 0.2) is 5.13 Å². The lowest BCUT2D eigenvalue weighted by Gasteiger charge is -2.01. The van der Waals surface area contributed by atoms with Crippen LogP contribution in [0.4, 0.5) is 9.52 Å². The van der Waals surface area contributed by atoms with E-state index in [0.717, 1.165) is 3.79 Å². The summed E-state index contributed by atoms with van der Waals surface area (Å²) < 4.78 is 13.7. The van der Waals surface area contributed by atoms with E-state index in [1.165, 1.54) is 30.4 Å². The lowest BCUT2D eigenvalue weighted by atomic mass is 10.2. The summed E-state index contributed by atoms with van der Waals surface area (Å²) in [6.07, 6.45) is 0. The maximum Gasteiger partial charge on any atom is 0.223 e. The molecular weight excluding hydrogens is 343 g/mol. The number of aromatic nitrogens is 1. The van der Waals surface area contributed by atoms with Gasteiger partial charge in [-0.2, -0.15) is 0 Å². The van der Waals surface area contributed by atoms with E-state index in [-0.39, 0.29) is 10.9 Å². The molecule has 1 amide bonds. The normalized spacial score (nSPS) is 10.4. The van der Waals surface area contributed by atoms with Gasteiger partial charge in [0.25, 0.3) is 0 Å². The summed E-state index contributed by atoms with van der Waals surface area (Å²) in [7, 11) is 0. The number of rotatable bonds is 2. The van der Waals surface area contributed by atoms with E-state index in [2.05, 4.69) is 26.2 Å². The topological polar surface area (TPSA) is 42.0 Å². The van der Waals surface area contributed by atoms with Gasteiger partial charge in [0.1, 0.15) is 5.82 Å². The SMILES string of the molecule is CC(=O)Nc1nc(-c2ccc(F)cc2Cl)c(Br)s1. The van der Waals surface area contributed by atoms with Crippen LogP contribution in [0.5, 0.6) is 0 Å². The molecule has 0 radical (unpaired) electrons. The van der Waals surface area contributed by atoms with E-state index in [4.69, 9.17) is 11.6 Å². The van der Waals surface area contributed by atoms with Gasteiger partial charge < -0.3 is 5.32 Å². The van der Waals surface area contributed by atoms with E-state index in [1.54, 1.807) is 6.07 Å². The minimum absolute atomic E-state index is 0.201. The van der Waals surface area contributed by atoms with E-state index in [9.17, 15) is 9.18 Å². The Morgan fingerprint density at radius 2 is 2.28 bits per heavy atom. The summed E-state index contributed by atoms with van der Waals surface area (Å²) in [5, 5.41) is 3.32. The number of nitrogens with one attached hydrogen (secondary N) is 1. The molecule has 0 aliphatic carbocycles. The van der Waals surface area contributed by atoms with E-state index >= 15 is 0 Å². The molecule has 0 spiro atoms. The van der Waals surface area contributed by atoms with Crippen LogP contribution in [-0.2, 0) is 4.79 Å². The smallest absolute Gasteiger partial charge is 0.223 e. The first-order valence-electron chi connectivity index (χ1n) is 4.86. The van der Waals surface area contributed by atoms with Crippen molar-refractivity contribution in [2.24, 2.45) is 0 Å². The van der Waals surface area contributed by atoms with Gasteiger partial charge in [0, 0.05) is 12.5 Å². The number of carbonyl (C=O) groups is 1. The van der Waals surface area contributed by atoms with Crippen LogP contribution in [0.3, 0.4) is 0 Å². The number of hydrogen-bond acceptors (Lipinski definition) is 3. The molecule has 7 heteroatoms. The van der Waals surface area contributed by atoms with Crippen LogP contribution in [0.2, 0.25) is 5.02 Å². The molecule has 0 atom stereocenters. The molecule has 1 aromatic carbocycles. The molecule has 0 saturated heterocycles. The van der Waals surface area contributed by atoms with Crippen LogP contribution in [0.1, 0.15) is 6.92 Å². The Morgan fingerprint density at radius 3 is 2.89 bits per heavy atom. The number of halogens is 3. The predicted molar refractivity (Wildman–Crippen MR) is 74.5 cm³/mol. The third-order valence-electron chi connectivity index (χ3n) is 2.06. The van der Waals surface area contributed by atoms with Crippen LogP contribution in [0.15, 0.2) is 22.0 Å². The number of nitrogens with zero attached hydrogens (tertiary/aromatic N) is 1. The number of carbonyl (C=O) groups excluding carboxylic acids is 1. The van der Waals surface area contributed by atoms with Crippen molar-refractivity contribution in [3.05, 3.63) is 32.8 Å². The zero-order valence-corrected chi connectivity index (χ0v) is 12.3. The predicted octanol–water partition coefficient (Wildman–Crippen LogP) is 4.32. The molecular formula is C11H7BrClFN2OS. The van der Waals surface area contributed by atoms with Crippen LogP contribution in [0, 0.1) is 5.82 Å². The first kappa shape index (κ1) is 13.5. The van der Waals surface area contributed by atoms with Crippen LogP contribution < -0.4 is 5.32 Å². The van der Waals surface area contributed by atoms with Crippen molar-refractivity contribution in [1.29, 1.82) is 0 Å². The largest absolute Gasteiger partial charge is 0.302 e. The van der Waals surface area contributed by atoms with Gasteiger partial charge >= 0.3 is 0 Å². The first-order valence-corrected chi connectivity index (χ1v) is 6.85. The lowest BCUT2D eigenvalue weighted by molar-refractivity contribution is -0.114. The number of anilines is 1. The molecule has 2 rings (SSSR count). The van der Waals surface area contributed by atoms with Crippen molar-refractivity contribution in [3.8, 4) is 11.3 Å². The fourth-order valence-corrected chi connectivity index (χ4v) is 3.13. The highest BCUT2D eigenvalue weighted by Crippen LogP contribution is 2.38. The standard InChI is InChI=1S/C11H7BrClFN2OS/c1-5(17)15-11-16-9(10(12)18-11)7-3-2-6(14)4-8(7)13/h2-4H,1H3,(H,15,16,17). The molecule has 2 aromatic rings. The maximum absolute atomic E-state index is 13.0. The van der Waals surface area contributed by atoms with Crippen molar-refractivity contribution in [1.82, 2.24) is 4.98 Å². The maximum atomic E-state index is 13.0. The second-order valence-corrected chi connectivity index (χ2v) is 6.17. The molecule has 3 nitrogen and oxygen atoms in total. The molecule has 1 aromatic heterocycles. The summed E-state index contributed by atoms with van der Waals surface area (Å²) in [5.74, 6) is -0.606. The minimum Gasteiger partial charge on any atom is -0.302 e. The van der Waals surface area contributed by atoms with Gasteiger partial charge in [-0.3, -0.25) is 4.79 Å². The molecule has 0 bridgehead atoms. The molecule has 0 unspecified atom stereocenters. The van der Waals surface area contributed by atoms with Crippen molar-refractivity contribution < 1.29 is 9.18 Å². The van der Waals surface area contributed by atoms with Crippen LogP contribution in [0.25, 0.3) is 11.3 Å². The summed E-state index contributed by atoms with van der Waals surface area (Å²) in [6, 6.07) is 4.08. The van der Waals surface area contributed by atoms with Gasteiger partial charge in [-0.05, 0) is 34.1 Å². The second-order valence-electron chi connectivity index (χ2n) is 3.45. The van der Waals surface area contributed by atoms with Gasteiger partial charge in [0.05, 0.1) is 14.5 Å². The van der Waals surface area contributed by atoms with Crippen molar-refractivity contribution in [2.75, 3.05) is 5.32 Å². The molecule has 1 heterocycles. The zero-order chi connectivity index (χ0) is 13.3. The van der Waals surface area contributed by atoms with Crippen LogP contribution >= 0.6 is 38.9 Å². The Balaban J connectivity index is 2.44. The number of amides is 1. The van der Waals surface area contributed by atoms with E-state index < -0.39 is 5.82 Å². The second kappa shape index (κ2) is 5.34. The number of benzene rings is 1. The Labute approximate surface area is 120 Å². The fourth-order valence-electron chi connectivity index (χ4n) is 1.35. The number of hydrogen-bond donors (Lipinski definition) is 1. The van der Waals surface area contributed by atoms with Crippen molar-refractivity contribution >= 4 is 49.9 Å². The molecule has 18 heavy (non-hydrogen) atoms. The summed E-state index contributed by atoms with van der Waals surface area (Å²) >= 11 is 10.6. The highest BCUT2D eigenvalue weighted by atomic mass is 79.9. The minimum atomic E-state index is -0.405. The summed E-state index contributed by atoms with van der Waals surface area (Å²) in [6.45, 7) is 1.40. The Morgan fingerprint density at radius 1 is 1.56 bits per heavy atom. The molecule has 0 saturated carbocycles. The molecule has 0 aliphatic heterocycles. The van der Waals surface area contributed by atoms with E-state index in [1.807, 2.05) is 0 Å². The quantitative estimate of drug-likeness (QED) is 0.877. The zero-order valence-electron chi connectivity index (χ0n) is 9.13. The average Bonchev–Trinajstić information content (AvgIpc) is 2.58. The Kier molecular flexibility index (Phi) is 3.99. The van der Waals surface area contributed by atoms with Crippen molar-refractivity contribution in [2.45, 2.75) is 6.92 Å². The molecule has 1 N–H and O–H groups in total. The fraction of sp³-hybridized carbons (Fsp3) is 0.0909. The van der Waals surface area contributed by atoms with Gasteiger partial charge in [0.2, 0.25) is 5.91 Å². The Hall–Kier alpha value is -0.980. The molecule has 0 fully saturated rings. The average molecular weight is 350 g/mol. The van der Waals surface area contributed by atoms with E-state index in [0.29, 0.717) is 16.4 Å².